The molecule has 0 spiro atoms. The lowest BCUT2D eigenvalue weighted by Gasteiger charge is -2.39. The van der Waals surface area contributed by atoms with Crippen molar-refractivity contribution < 1.29 is 14.1 Å². The number of nitrogens with one attached hydrogen (secondary N) is 2. The number of fused-ring (bicyclic) bond motifs is 5. The van der Waals surface area contributed by atoms with Crippen LogP contribution in [0.15, 0.2) is 53.4 Å². The first-order valence-electron chi connectivity index (χ1n) is 15.8. The highest BCUT2D eigenvalue weighted by Gasteiger charge is 2.33. The number of anilines is 1. The van der Waals surface area contributed by atoms with Crippen LogP contribution in [0, 0.1) is 25.7 Å². The average molecular weight is 602 g/mol. The van der Waals surface area contributed by atoms with Crippen molar-refractivity contribution in [3.05, 3.63) is 65.2 Å². The summed E-state index contributed by atoms with van der Waals surface area (Å²) < 4.78 is 22.8. The molecule has 3 atom stereocenters. The molecule has 4 bridgehead atoms. The van der Waals surface area contributed by atoms with Crippen molar-refractivity contribution >= 4 is 23.3 Å². The van der Waals surface area contributed by atoms with Gasteiger partial charge in [-0.3, -0.25) is 0 Å². The Bertz CT molecular complexity index is 1410. The van der Waals surface area contributed by atoms with Crippen molar-refractivity contribution in [3.8, 4) is 17.1 Å². The van der Waals surface area contributed by atoms with Crippen molar-refractivity contribution in [1.82, 2.24) is 20.2 Å². The molecule has 3 aliphatic rings. The molecule has 2 fully saturated rings. The van der Waals surface area contributed by atoms with E-state index in [4.69, 9.17) is 9.72 Å². The third kappa shape index (κ3) is 7.27. The molecule has 8 nitrogen and oxygen atoms in total. The van der Waals surface area contributed by atoms with E-state index in [-0.39, 0.29) is 23.9 Å². The number of nitrogens with zero attached hydrogens (tertiary/aromatic N) is 3. The summed E-state index contributed by atoms with van der Waals surface area (Å²) in [7, 11) is 0. The second-order valence-corrected chi connectivity index (χ2v) is 13.7. The summed E-state index contributed by atoms with van der Waals surface area (Å²) in [5, 5.41) is 3.35. The number of amides is 2. The molecule has 228 valence electrons. The second-order valence-electron chi connectivity index (χ2n) is 12.4. The van der Waals surface area contributed by atoms with Crippen LogP contribution in [-0.2, 0) is 17.8 Å². The Labute approximate surface area is 258 Å². The van der Waals surface area contributed by atoms with Gasteiger partial charge in [0.25, 0.3) is 5.95 Å². The van der Waals surface area contributed by atoms with Gasteiger partial charge in [0, 0.05) is 36.7 Å². The molecule has 0 radical (unpaired) electrons. The summed E-state index contributed by atoms with van der Waals surface area (Å²) in [4.78, 5) is 25.5. The molecule has 6 rings (SSSR count). The molecule has 1 saturated heterocycles. The summed E-state index contributed by atoms with van der Waals surface area (Å²) in [6.45, 7) is 5.99. The minimum Gasteiger partial charge on any atom is -0.588 e. The Balaban J connectivity index is 1.28. The SMILES string of the molecule is Cc1cccc(C)c1-c1cc2nc(n1)N[S+]([O-])c1cccc(c1)CCC1CCN(C(=O)NC3CCCCCC3)C[C@@H]1CO2. The van der Waals surface area contributed by atoms with Gasteiger partial charge in [-0.25, -0.2) is 9.78 Å². The predicted octanol–water partition coefficient (Wildman–Crippen LogP) is 6.59. The minimum atomic E-state index is -1.52. The predicted molar refractivity (Wildman–Crippen MR) is 170 cm³/mol. The fourth-order valence-corrected chi connectivity index (χ4v) is 7.75. The van der Waals surface area contributed by atoms with E-state index in [9.17, 15) is 9.35 Å². The molecular formula is C34H43N5O3S. The smallest absolute Gasteiger partial charge is 0.317 e. The zero-order valence-corrected chi connectivity index (χ0v) is 26.1. The zero-order chi connectivity index (χ0) is 29.8. The second kappa shape index (κ2) is 13.6. The standard InChI is InChI=1S/C34H43N5O3S/c1-23-9-7-10-24(2)32(23)30-20-31-37-33(36-30)38-43(41)29-14-8-11-25(19-29)15-16-26-17-18-39(21-27(26)22-42-31)34(40)35-28-12-5-3-4-6-13-28/h7-11,14,19-20,26-28H,3-6,12-13,15-18,21-22H2,1-2H3,(H,35,40)(H,36,37,38)/t26?,27-,43?/m1/s1. The van der Waals surface area contributed by atoms with Gasteiger partial charge in [0.05, 0.1) is 12.3 Å². The van der Waals surface area contributed by atoms with Crippen molar-refractivity contribution in [2.24, 2.45) is 11.8 Å². The minimum absolute atomic E-state index is 0.0609. The largest absolute Gasteiger partial charge is 0.588 e. The molecule has 1 aliphatic carbocycles. The van der Waals surface area contributed by atoms with E-state index in [0.717, 1.165) is 66.6 Å². The number of benzene rings is 2. The maximum Gasteiger partial charge on any atom is 0.317 e. The summed E-state index contributed by atoms with van der Waals surface area (Å²) in [6.07, 6.45) is 9.87. The van der Waals surface area contributed by atoms with Gasteiger partial charge in [0.15, 0.2) is 4.90 Å². The number of ether oxygens (including phenoxy) is 1. The summed E-state index contributed by atoms with van der Waals surface area (Å²) in [6, 6.07) is 16.3. The number of aromatic nitrogens is 2. The summed E-state index contributed by atoms with van der Waals surface area (Å²) >= 11 is -1.52. The van der Waals surface area contributed by atoms with E-state index in [1.165, 1.54) is 25.7 Å². The lowest BCUT2D eigenvalue weighted by molar-refractivity contribution is 0.0881. The van der Waals surface area contributed by atoms with Crippen LogP contribution in [0.1, 0.15) is 68.1 Å². The maximum atomic E-state index is 13.4. The number of urea groups is 1. The van der Waals surface area contributed by atoms with Gasteiger partial charge >= 0.3 is 6.03 Å². The number of carbonyl (C=O) groups excluding carboxylic acids is 1. The third-order valence-electron chi connectivity index (χ3n) is 9.35. The van der Waals surface area contributed by atoms with Gasteiger partial charge in [-0.1, -0.05) is 56.0 Å². The van der Waals surface area contributed by atoms with E-state index >= 15 is 0 Å². The van der Waals surface area contributed by atoms with E-state index < -0.39 is 11.4 Å². The Morgan fingerprint density at radius 2 is 1.74 bits per heavy atom. The highest BCUT2D eigenvalue weighted by atomic mass is 32.2. The molecule has 1 aromatic heterocycles. The number of rotatable bonds is 2. The maximum absolute atomic E-state index is 13.4. The van der Waals surface area contributed by atoms with Gasteiger partial charge in [-0.15, -0.1) is 0 Å². The highest BCUT2D eigenvalue weighted by Crippen LogP contribution is 2.33. The van der Waals surface area contributed by atoms with Gasteiger partial charge in [-0.05, 0) is 80.7 Å². The van der Waals surface area contributed by atoms with Crippen LogP contribution >= 0.6 is 0 Å². The van der Waals surface area contributed by atoms with E-state index in [1.54, 1.807) is 0 Å². The molecule has 2 N–H and O–H groups in total. The lowest BCUT2D eigenvalue weighted by Crippen LogP contribution is -2.51. The average Bonchev–Trinajstić information content (AvgIpc) is 3.27. The van der Waals surface area contributed by atoms with E-state index in [2.05, 4.69) is 47.1 Å². The molecule has 2 aromatic carbocycles. The van der Waals surface area contributed by atoms with Crippen LogP contribution in [0.25, 0.3) is 11.3 Å². The van der Waals surface area contributed by atoms with Crippen LogP contribution in [0.4, 0.5) is 10.7 Å². The molecule has 2 aliphatic heterocycles. The number of likely N-dealkylation sites (tertiary alicyclic amines) is 1. The van der Waals surface area contributed by atoms with Gasteiger partial charge < -0.3 is 19.5 Å². The molecule has 1 saturated carbocycles. The van der Waals surface area contributed by atoms with Gasteiger partial charge in [0.2, 0.25) is 5.88 Å². The first kappa shape index (κ1) is 29.8. The van der Waals surface area contributed by atoms with Crippen molar-refractivity contribution in [3.63, 3.8) is 0 Å². The Morgan fingerprint density at radius 1 is 0.977 bits per heavy atom. The zero-order valence-electron chi connectivity index (χ0n) is 25.3. The van der Waals surface area contributed by atoms with Crippen LogP contribution in [0.3, 0.4) is 0 Å². The number of hydrogen-bond donors (Lipinski definition) is 2. The molecule has 43 heavy (non-hydrogen) atoms. The Hall–Kier alpha value is -3.30. The summed E-state index contributed by atoms with van der Waals surface area (Å²) in [5.41, 5.74) is 5.10. The van der Waals surface area contributed by atoms with Gasteiger partial charge in [-0.2, -0.15) is 9.71 Å². The number of aryl methyl sites for hydroxylation is 3. The molecule has 3 aromatic rings. The van der Waals surface area contributed by atoms with Crippen molar-refractivity contribution in [1.29, 1.82) is 0 Å². The van der Waals surface area contributed by atoms with Crippen LogP contribution in [-0.4, -0.2) is 51.2 Å². The Morgan fingerprint density at radius 3 is 2.53 bits per heavy atom. The number of piperidine rings is 1. The van der Waals surface area contributed by atoms with E-state index in [0.29, 0.717) is 29.8 Å². The number of hydrogen-bond acceptors (Lipinski definition) is 6. The van der Waals surface area contributed by atoms with Gasteiger partial charge in [0.1, 0.15) is 11.4 Å². The van der Waals surface area contributed by atoms with Crippen molar-refractivity contribution in [2.45, 2.75) is 82.6 Å². The molecule has 3 heterocycles. The normalized spacial score (nSPS) is 23.1. The monoisotopic (exact) mass is 601 g/mol. The quantitative estimate of drug-likeness (QED) is 0.254. The first-order valence-corrected chi connectivity index (χ1v) is 17.0. The third-order valence-corrected chi connectivity index (χ3v) is 10.4. The summed E-state index contributed by atoms with van der Waals surface area (Å²) in [5.74, 6) is 1.28. The molecule has 9 heteroatoms. The molecular weight excluding hydrogens is 558 g/mol. The fourth-order valence-electron chi connectivity index (χ4n) is 6.92. The number of carbonyl (C=O) groups is 1. The van der Waals surface area contributed by atoms with Crippen LogP contribution in [0.2, 0.25) is 0 Å². The lowest BCUT2D eigenvalue weighted by atomic mass is 9.82. The molecule has 2 amide bonds. The Kier molecular flexibility index (Phi) is 9.38. The first-order chi connectivity index (χ1) is 20.9. The van der Waals surface area contributed by atoms with E-state index in [1.807, 2.05) is 35.2 Å². The topological polar surface area (TPSA) is 102 Å². The van der Waals surface area contributed by atoms with Crippen LogP contribution < -0.4 is 14.8 Å². The molecule has 2 unspecified atom stereocenters. The van der Waals surface area contributed by atoms with Crippen molar-refractivity contribution in [2.75, 3.05) is 24.4 Å². The highest BCUT2D eigenvalue weighted by molar-refractivity contribution is 7.92. The fraction of sp³-hybridized carbons (Fsp3) is 0.500. The van der Waals surface area contributed by atoms with Crippen LogP contribution in [0.5, 0.6) is 5.88 Å².